The van der Waals surface area contributed by atoms with Gasteiger partial charge < -0.3 is 5.32 Å². The van der Waals surface area contributed by atoms with Crippen LogP contribution in [0.15, 0.2) is 49.2 Å². The van der Waals surface area contributed by atoms with Gasteiger partial charge in [0.2, 0.25) is 0 Å². The highest BCUT2D eigenvalue weighted by molar-refractivity contribution is 5.22. The molecule has 1 N–H and O–H groups in total. The predicted molar refractivity (Wildman–Crippen MR) is 51.3 cm³/mol. The Hall–Kier alpha value is -1.24. The van der Waals surface area contributed by atoms with E-state index in [4.69, 9.17) is 0 Å². The zero-order valence-electron chi connectivity index (χ0n) is 7.01. The molecule has 60 valence electrons. The third kappa shape index (κ3) is 5.22. The van der Waals surface area contributed by atoms with Crippen molar-refractivity contribution in [2.45, 2.75) is 6.92 Å². The number of allylic oxidation sites excluding steroid dienone is 3. The zero-order valence-corrected chi connectivity index (χ0v) is 7.01. The predicted octanol–water partition coefficient (Wildman–Crippen LogP) is 2.41. The first-order valence-electron chi connectivity index (χ1n) is 3.63. The molecule has 1 heteroatoms. The molecule has 0 spiro atoms. The van der Waals surface area contributed by atoms with Crippen molar-refractivity contribution < 1.29 is 0 Å². The van der Waals surface area contributed by atoms with Crippen molar-refractivity contribution in [3.8, 4) is 0 Å². The van der Waals surface area contributed by atoms with Crippen molar-refractivity contribution in [2.75, 3.05) is 6.54 Å². The zero-order chi connectivity index (χ0) is 8.53. The molecule has 0 saturated carbocycles. The van der Waals surface area contributed by atoms with Crippen LogP contribution in [-0.2, 0) is 0 Å². The van der Waals surface area contributed by atoms with Crippen molar-refractivity contribution >= 4 is 0 Å². The summed E-state index contributed by atoms with van der Waals surface area (Å²) in [6, 6.07) is 0. The fourth-order valence-electron chi connectivity index (χ4n) is 0.639. The van der Waals surface area contributed by atoms with Gasteiger partial charge in [-0.15, -0.1) is 0 Å². The van der Waals surface area contributed by atoms with Crippen LogP contribution in [0, 0.1) is 0 Å². The largest absolute Gasteiger partial charge is 0.387 e. The molecule has 0 unspecified atom stereocenters. The Bertz CT molecular complexity index is 175. The van der Waals surface area contributed by atoms with Crippen molar-refractivity contribution in [1.29, 1.82) is 0 Å². The van der Waals surface area contributed by atoms with Crippen LogP contribution in [-0.4, -0.2) is 6.54 Å². The molecule has 0 aliphatic carbocycles. The Labute approximate surface area is 68.8 Å². The highest BCUT2D eigenvalue weighted by Crippen LogP contribution is 1.94. The Morgan fingerprint density at radius 2 is 2.18 bits per heavy atom. The van der Waals surface area contributed by atoms with Gasteiger partial charge in [0.15, 0.2) is 0 Å². The quantitative estimate of drug-likeness (QED) is 0.592. The van der Waals surface area contributed by atoms with Crippen molar-refractivity contribution in [3.63, 3.8) is 0 Å². The first-order valence-corrected chi connectivity index (χ1v) is 3.63. The lowest BCUT2D eigenvalue weighted by atomic mass is 10.2. The van der Waals surface area contributed by atoms with E-state index < -0.39 is 0 Å². The van der Waals surface area contributed by atoms with Gasteiger partial charge in [-0.2, -0.15) is 0 Å². The molecule has 0 bridgehead atoms. The summed E-state index contributed by atoms with van der Waals surface area (Å²) in [4.78, 5) is 0. The topological polar surface area (TPSA) is 12.0 Å². The average molecular weight is 149 g/mol. The highest BCUT2D eigenvalue weighted by atomic mass is 14.8. The standard InChI is InChI=1S/C10H15N/c1-4-7-8-10(5-2)9-11-6-3/h4-8,11H,1,3,9H2,2H3/b8-7-,10-5+. The van der Waals surface area contributed by atoms with Gasteiger partial charge >= 0.3 is 0 Å². The highest BCUT2D eigenvalue weighted by Gasteiger charge is 1.84. The number of hydrogen-bond acceptors (Lipinski definition) is 1. The fraction of sp³-hybridized carbons (Fsp3) is 0.200. The van der Waals surface area contributed by atoms with Crippen molar-refractivity contribution in [2.24, 2.45) is 0 Å². The molecule has 0 aromatic heterocycles. The molecule has 0 fully saturated rings. The maximum absolute atomic E-state index is 3.59. The third-order valence-corrected chi connectivity index (χ3v) is 1.27. The van der Waals surface area contributed by atoms with E-state index in [2.05, 4.69) is 24.6 Å². The molecule has 0 rings (SSSR count). The molecular weight excluding hydrogens is 134 g/mol. The van der Waals surface area contributed by atoms with Crippen LogP contribution in [0.25, 0.3) is 0 Å². The van der Waals surface area contributed by atoms with Crippen molar-refractivity contribution in [1.82, 2.24) is 5.32 Å². The van der Waals surface area contributed by atoms with Crippen LogP contribution in [0.1, 0.15) is 6.92 Å². The van der Waals surface area contributed by atoms with E-state index >= 15 is 0 Å². The van der Waals surface area contributed by atoms with E-state index in [0.29, 0.717) is 0 Å². The Morgan fingerprint density at radius 3 is 2.64 bits per heavy atom. The maximum Gasteiger partial charge on any atom is 0.0391 e. The molecule has 1 nitrogen and oxygen atoms in total. The molecule has 0 aliphatic rings. The lowest BCUT2D eigenvalue weighted by Gasteiger charge is -1.99. The molecule has 0 aliphatic heterocycles. The fourth-order valence-corrected chi connectivity index (χ4v) is 0.639. The first-order chi connectivity index (χ1) is 5.35. The van der Waals surface area contributed by atoms with E-state index in [0.717, 1.165) is 6.54 Å². The van der Waals surface area contributed by atoms with Crippen LogP contribution < -0.4 is 5.32 Å². The van der Waals surface area contributed by atoms with Crippen LogP contribution in [0.5, 0.6) is 0 Å². The Balaban J connectivity index is 3.86. The summed E-state index contributed by atoms with van der Waals surface area (Å²) in [7, 11) is 0. The summed E-state index contributed by atoms with van der Waals surface area (Å²) >= 11 is 0. The van der Waals surface area contributed by atoms with Crippen LogP contribution >= 0.6 is 0 Å². The Morgan fingerprint density at radius 1 is 1.45 bits per heavy atom. The SMILES string of the molecule is C=C/C=C\C(=C/C)CNC=C. The van der Waals surface area contributed by atoms with Gasteiger partial charge in [-0.3, -0.25) is 0 Å². The molecule has 0 saturated heterocycles. The number of hydrogen-bond donors (Lipinski definition) is 1. The summed E-state index contributed by atoms with van der Waals surface area (Å²) in [5.74, 6) is 0. The second-order valence-electron chi connectivity index (χ2n) is 2.04. The van der Waals surface area contributed by atoms with Gasteiger partial charge in [-0.25, -0.2) is 0 Å². The number of nitrogens with one attached hydrogen (secondary N) is 1. The summed E-state index contributed by atoms with van der Waals surface area (Å²) in [5.41, 5.74) is 1.23. The normalized spacial score (nSPS) is 11.5. The second kappa shape index (κ2) is 6.87. The van der Waals surface area contributed by atoms with E-state index in [1.165, 1.54) is 5.57 Å². The summed E-state index contributed by atoms with van der Waals surface area (Å²) in [6.45, 7) is 9.99. The molecule has 0 radical (unpaired) electrons. The maximum atomic E-state index is 3.59. The minimum Gasteiger partial charge on any atom is -0.387 e. The van der Waals surface area contributed by atoms with E-state index in [1.807, 2.05) is 19.1 Å². The van der Waals surface area contributed by atoms with Crippen molar-refractivity contribution in [3.05, 3.63) is 49.2 Å². The molecule has 0 amide bonds. The van der Waals surface area contributed by atoms with Gasteiger partial charge in [0, 0.05) is 6.54 Å². The molecule has 11 heavy (non-hydrogen) atoms. The van der Waals surface area contributed by atoms with E-state index in [1.54, 1.807) is 12.3 Å². The monoisotopic (exact) mass is 149 g/mol. The minimum atomic E-state index is 0.824. The molecule has 0 heterocycles. The smallest absolute Gasteiger partial charge is 0.0391 e. The summed E-state index contributed by atoms with van der Waals surface area (Å²) < 4.78 is 0. The van der Waals surface area contributed by atoms with Gasteiger partial charge in [0.25, 0.3) is 0 Å². The Kier molecular flexibility index (Phi) is 6.10. The molecular formula is C10H15N. The van der Waals surface area contributed by atoms with Crippen LogP contribution in [0.4, 0.5) is 0 Å². The van der Waals surface area contributed by atoms with Gasteiger partial charge in [0.1, 0.15) is 0 Å². The van der Waals surface area contributed by atoms with E-state index in [9.17, 15) is 0 Å². The lowest BCUT2D eigenvalue weighted by Crippen LogP contribution is -2.07. The summed E-state index contributed by atoms with van der Waals surface area (Å²) in [5, 5.41) is 3.02. The van der Waals surface area contributed by atoms with Gasteiger partial charge in [-0.05, 0) is 18.7 Å². The van der Waals surface area contributed by atoms with Gasteiger partial charge in [-0.1, -0.05) is 37.5 Å². The molecule has 0 atom stereocenters. The lowest BCUT2D eigenvalue weighted by molar-refractivity contribution is 0.957. The molecule has 0 aromatic rings. The minimum absolute atomic E-state index is 0.824. The van der Waals surface area contributed by atoms with Gasteiger partial charge in [0.05, 0.1) is 0 Å². The first kappa shape index (κ1) is 9.76. The van der Waals surface area contributed by atoms with Crippen LogP contribution in [0.3, 0.4) is 0 Å². The average Bonchev–Trinajstić information content (AvgIpc) is 2.05. The second-order valence-corrected chi connectivity index (χ2v) is 2.04. The molecule has 0 aromatic carbocycles. The third-order valence-electron chi connectivity index (χ3n) is 1.27. The van der Waals surface area contributed by atoms with E-state index in [-0.39, 0.29) is 0 Å². The van der Waals surface area contributed by atoms with Crippen LogP contribution in [0.2, 0.25) is 0 Å². The summed E-state index contributed by atoms with van der Waals surface area (Å²) in [6.07, 6.45) is 9.43. The number of rotatable bonds is 5.